The van der Waals surface area contributed by atoms with Crippen LogP contribution in [0, 0.1) is 0 Å². The fourth-order valence-corrected chi connectivity index (χ4v) is 4.81. The van der Waals surface area contributed by atoms with E-state index < -0.39 is 28.1 Å². The number of nitrogens with zero attached hydrogens (tertiary/aromatic N) is 2. The summed E-state index contributed by atoms with van der Waals surface area (Å²) >= 11 is 5.90. The molecule has 4 rings (SSSR count). The molecule has 0 atom stereocenters. The highest BCUT2D eigenvalue weighted by molar-refractivity contribution is 7.89. The molecule has 0 aliphatic carbocycles. The predicted octanol–water partition coefficient (Wildman–Crippen LogP) is 2.36. The second-order valence-electron chi connectivity index (χ2n) is 6.33. The van der Waals surface area contributed by atoms with E-state index in [2.05, 4.69) is 4.74 Å². The van der Waals surface area contributed by atoms with Crippen molar-refractivity contribution in [2.75, 3.05) is 19.7 Å². The van der Waals surface area contributed by atoms with Crippen LogP contribution in [0.1, 0.15) is 0 Å². The van der Waals surface area contributed by atoms with Crippen LogP contribution in [-0.4, -0.2) is 55.4 Å². The van der Waals surface area contributed by atoms with E-state index in [1.807, 2.05) is 18.2 Å². The lowest BCUT2D eigenvalue weighted by atomic mass is 10.1. The highest BCUT2D eigenvalue weighted by Gasteiger charge is 2.46. The fourth-order valence-electron chi connectivity index (χ4n) is 3.12. The quantitative estimate of drug-likeness (QED) is 0.778. The lowest BCUT2D eigenvalue weighted by Crippen LogP contribution is -2.62. The lowest BCUT2D eigenvalue weighted by Gasteiger charge is -2.40. The van der Waals surface area contributed by atoms with Crippen molar-refractivity contribution in [1.29, 1.82) is 0 Å². The summed E-state index contributed by atoms with van der Waals surface area (Å²) in [5, 5.41) is 0.601. The molecule has 0 spiro atoms. The number of hydrogen-bond donors (Lipinski definition) is 0. The third kappa shape index (κ3) is 3.20. The van der Waals surface area contributed by atoms with E-state index in [-0.39, 0.29) is 24.6 Å². The minimum absolute atomic E-state index is 0.0638. The first-order chi connectivity index (χ1) is 12.9. The minimum atomic E-state index is -3.72. The summed E-state index contributed by atoms with van der Waals surface area (Å²) in [7, 11) is -3.72. The number of carbonyl (C=O) groups is 2. The second kappa shape index (κ2) is 6.63. The molecule has 0 aromatic heterocycles. The Kier molecular flexibility index (Phi) is 4.41. The molecule has 140 valence electrons. The maximum Gasteiger partial charge on any atom is 0.417 e. The van der Waals surface area contributed by atoms with Crippen molar-refractivity contribution in [3.63, 3.8) is 0 Å². The van der Waals surface area contributed by atoms with Gasteiger partial charge in [0, 0.05) is 18.1 Å². The number of imide groups is 1. The van der Waals surface area contributed by atoms with Crippen LogP contribution in [0.15, 0.2) is 53.4 Å². The monoisotopic (exact) mass is 406 g/mol. The zero-order valence-electron chi connectivity index (χ0n) is 14.0. The predicted molar refractivity (Wildman–Crippen MR) is 97.6 cm³/mol. The molecule has 2 aliphatic rings. The average molecular weight is 407 g/mol. The molecule has 2 saturated heterocycles. The molecule has 2 aliphatic heterocycles. The molecule has 2 aromatic carbocycles. The highest BCUT2D eigenvalue weighted by Crippen LogP contribution is 2.29. The van der Waals surface area contributed by atoms with E-state index in [1.165, 1.54) is 10.4 Å². The number of ether oxygens (including phenoxy) is 1. The van der Waals surface area contributed by atoms with Gasteiger partial charge in [0.15, 0.2) is 6.61 Å². The molecule has 0 radical (unpaired) electrons. The normalized spacial score (nSPS) is 18.5. The summed E-state index contributed by atoms with van der Waals surface area (Å²) in [5.74, 6) is -0.438. The average Bonchev–Trinajstić information content (AvgIpc) is 2.94. The Morgan fingerprint density at radius 2 is 1.70 bits per heavy atom. The first kappa shape index (κ1) is 18.0. The Balaban J connectivity index is 1.53. The van der Waals surface area contributed by atoms with Crippen LogP contribution >= 0.6 is 11.6 Å². The SMILES string of the molecule is O=C1COC(=O)N1C1CN(S(=O)(=O)c2cccc(-c3ccc(Cl)cc3)c2)C1. The first-order valence-electron chi connectivity index (χ1n) is 8.21. The Morgan fingerprint density at radius 1 is 1.00 bits per heavy atom. The molecule has 2 heterocycles. The molecule has 0 unspecified atom stereocenters. The summed E-state index contributed by atoms with van der Waals surface area (Å²) < 4.78 is 31.6. The number of hydrogen-bond acceptors (Lipinski definition) is 5. The smallest absolute Gasteiger partial charge is 0.417 e. The standard InChI is InChI=1S/C18H15ClN2O5S/c19-14-6-4-12(5-7-14)13-2-1-3-16(8-13)27(24,25)20-9-15(10-20)21-17(22)11-26-18(21)23/h1-8,15H,9-11H2. The fraction of sp³-hybridized carbons (Fsp3) is 0.222. The summed E-state index contributed by atoms with van der Waals surface area (Å²) in [5.41, 5.74) is 1.60. The molecule has 27 heavy (non-hydrogen) atoms. The van der Waals surface area contributed by atoms with Gasteiger partial charge in [-0.2, -0.15) is 4.31 Å². The number of halogens is 1. The molecular formula is C18H15ClN2O5S. The van der Waals surface area contributed by atoms with Gasteiger partial charge in [-0.25, -0.2) is 18.1 Å². The first-order valence-corrected chi connectivity index (χ1v) is 10.0. The van der Waals surface area contributed by atoms with E-state index in [1.54, 1.807) is 24.3 Å². The van der Waals surface area contributed by atoms with Crippen LogP contribution in [0.3, 0.4) is 0 Å². The van der Waals surface area contributed by atoms with Gasteiger partial charge in [-0.15, -0.1) is 0 Å². The molecular weight excluding hydrogens is 392 g/mol. The zero-order valence-corrected chi connectivity index (χ0v) is 15.6. The molecule has 9 heteroatoms. The lowest BCUT2D eigenvalue weighted by molar-refractivity contribution is -0.128. The van der Waals surface area contributed by atoms with E-state index in [4.69, 9.17) is 11.6 Å². The van der Waals surface area contributed by atoms with Crippen molar-refractivity contribution in [1.82, 2.24) is 9.21 Å². The topological polar surface area (TPSA) is 84.0 Å². The number of sulfonamides is 1. The van der Waals surface area contributed by atoms with Gasteiger partial charge in [-0.05, 0) is 35.4 Å². The van der Waals surface area contributed by atoms with Crippen molar-refractivity contribution >= 4 is 33.6 Å². The second-order valence-corrected chi connectivity index (χ2v) is 8.70. The Bertz CT molecular complexity index is 1000. The van der Waals surface area contributed by atoms with Gasteiger partial charge < -0.3 is 4.74 Å². The van der Waals surface area contributed by atoms with Gasteiger partial charge in [-0.1, -0.05) is 35.9 Å². The third-order valence-electron chi connectivity index (χ3n) is 4.63. The number of amides is 2. The maximum absolute atomic E-state index is 12.9. The molecule has 2 aromatic rings. The van der Waals surface area contributed by atoms with E-state index >= 15 is 0 Å². The van der Waals surface area contributed by atoms with Crippen molar-refractivity contribution < 1.29 is 22.7 Å². The number of cyclic esters (lactones) is 1. The van der Waals surface area contributed by atoms with Crippen molar-refractivity contribution in [2.45, 2.75) is 10.9 Å². The van der Waals surface area contributed by atoms with Crippen LogP contribution in [0.4, 0.5) is 4.79 Å². The van der Waals surface area contributed by atoms with Crippen LogP contribution in [-0.2, 0) is 19.6 Å². The highest BCUT2D eigenvalue weighted by atomic mass is 35.5. The van der Waals surface area contributed by atoms with Gasteiger partial charge >= 0.3 is 6.09 Å². The van der Waals surface area contributed by atoms with Gasteiger partial charge in [0.1, 0.15) is 0 Å². The maximum atomic E-state index is 12.9. The van der Waals surface area contributed by atoms with Crippen LogP contribution in [0.2, 0.25) is 5.02 Å². The van der Waals surface area contributed by atoms with Crippen molar-refractivity contribution in [3.05, 3.63) is 53.6 Å². The molecule has 2 fully saturated rings. The van der Waals surface area contributed by atoms with Crippen LogP contribution in [0.25, 0.3) is 11.1 Å². The Labute approximate surface area is 161 Å². The van der Waals surface area contributed by atoms with Crippen LogP contribution in [0.5, 0.6) is 0 Å². The summed E-state index contributed by atoms with van der Waals surface area (Å²) in [6.07, 6.45) is -0.716. The summed E-state index contributed by atoms with van der Waals surface area (Å²) in [6, 6.07) is 13.3. The van der Waals surface area contributed by atoms with Crippen LogP contribution < -0.4 is 0 Å². The minimum Gasteiger partial charge on any atom is -0.439 e. The zero-order chi connectivity index (χ0) is 19.2. The van der Waals surface area contributed by atoms with Crippen molar-refractivity contribution in [3.8, 4) is 11.1 Å². The molecule has 0 saturated carbocycles. The summed E-state index contributed by atoms with van der Waals surface area (Å²) in [6.45, 7) is -0.159. The largest absolute Gasteiger partial charge is 0.439 e. The van der Waals surface area contributed by atoms with Crippen molar-refractivity contribution in [2.24, 2.45) is 0 Å². The van der Waals surface area contributed by atoms with E-state index in [0.29, 0.717) is 5.02 Å². The van der Waals surface area contributed by atoms with E-state index in [9.17, 15) is 18.0 Å². The Hall–Kier alpha value is -2.42. The Morgan fingerprint density at radius 3 is 2.33 bits per heavy atom. The number of rotatable bonds is 4. The number of carbonyl (C=O) groups excluding carboxylic acids is 2. The van der Waals surface area contributed by atoms with Gasteiger partial charge in [-0.3, -0.25) is 4.79 Å². The molecule has 7 nitrogen and oxygen atoms in total. The summed E-state index contributed by atoms with van der Waals surface area (Å²) in [4.78, 5) is 24.4. The number of benzene rings is 2. The van der Waals surface area contributed by atoms with E-state index in [0.717, 1.165) is 16.0 Å². The van der Waals surface area contributed by atoms with Gasteiger partial charge in [0.2, 0.25) is 10.0 Å². The molecule has 0 bridgehead atoms. The van der Waals surface area contributed by atoms with Gasteiger partial charge in [0.05, 0.1) is 10.9 Å². The van der Waals surface area contributed by atoms with Gasteiger partial charge in [0.25, 0.3) is 5.91 Å². The third-order valence-corrected chi connectivity index (χ3v) is 6.71. The molecule has 0 N–H and O–H groups in total. The molecule has 2 amide bonds.